The first-order valence-corrected chi connectivity index (χ1v) is 10.9. The molecule has 1 saturated heterocycles. The van der Waals surface area contributed by atoms with Gasteiger partial charge < -0.3 is 13.9 Å². The number of hydrogen-bond acceptors (Lipinski definition) is 7. The molecular weight excluding hydrogens is 406 g/mol. The third kappa shape index (κ3) is 4.46. The summed E-state index contributed by atoms with van der Waals surface area (Å²) in [4.78, 5) is 28.6. The van der Waals surface area contributed by atoms with Crippen molar-refractivity contribution < 1.29 is 22.7 Å². The molecule has 10 nitrogen and oxygen atoms in total. The number of thioether (sulfide) groups is 1. The molecule has 3 heterocycles. The summed E-state index contributed by atoms with van der Waals surface area (Å²) in [5.74, 6) is -1.13. The van der Waals surface area contributed by atoms with Crippen LogP contribution in [0.1, 0.15) is 10.5 Å². The van der Waals surface area contributed by atoms with Gasteiger partial charge >= 0.3 is 0 Å². The van der Waals surface area contributed by atoms with Gasteiger partial charge in [-0.05, 0) is 6.07 Å². The molecular formula is C16H21N5O5S2. The molecule has 0 radical (unpaired) electrons. The molecule has 0 atom stereocenters. The van der Waals surface area contributed by atoms with Gasteiger partial charge in [-0.3, -0.25) is 14.9 Å². The van der Waals surface area contributed by atoms with E-state index in [4.69, 9.17) is 4.74 Å². The van der Waals surface area contributed by atoms with E-state index in [9.17, 15) is 18.0 Å². The van der Waals surface area contributed by atoms with E-state index in [0.717, 1.165) is 0 Å². The molecule has 2 aromatic rings. The van der Waals surface area contributed by atoms with Crippen LogP contribution in [-0.2, 0) is 33.7 Å². The van der Waals surface area contributed by atoms with Gasteiger partial charge in [-0.2, -0.15) is 4.31 Å². The fourth-order valence-corrected chi connectivity index (χ4v) is 4.90. The minimum atomic E-state index is -3.72. The van der Waals surface area contributed by atoms with E-state index < -0.39 is 21.8 Å². The van der Waals surface area contributed by atoms with E-state index in [2.05, 4.69) is 10.3 Å². The maximum absolute atomic E-state index is 12.7. The number of morpholine rings is 1. The van der Waals surface area contributed by atoms with E-state index in [-0.39, 0.29) is 29.4 Å². The maximum atomic E-state index is 12.7. The number of aryl methyl sites for hydroxylation is 2. The van der Waals surface area contributed by atoms with Crippen LogP contribution in [0.4, 0.5) is 0 Å². The smallest absolute Gasteiger partial charge is 0.274 e. The molecule has 3 rings (SSSR count). The Morgan fingerprint density at radius 3 is 2.61 bits per heavy atom. The average Bonchev–Trinajstić information content (AvgIpc) is 3.26. The van der Waals surface area contributed by atoms with Crippen LogP contribution in [-0.4, -0.2) is 70.7 Å². The van der Waals surface area contributed by atoms with Crippen molar-refractivity contribution in [2.75, 3.05) is 32.1 Å². The number of amides is 2. The fourth-order valence-electron chi connectivity index (χ4n) is 2.68. The van der Waals surface area contributed by atoms with Crippen molar-refractivity contribution in [2.45, 2.75) is 10.1 Å². The van der Waals surface area contributed by atoms with Crippen LogP contribution >= 0.6 is 11.8 Å². The van der Waals surface area contributed by atoms with Crippen LogP contribution in [0, 0.1) is 0 Å². The first-order valence-electron chi connectivity index (χ1n) is 8.47. The molecule has 152 valence electrons. The van der Waals surface area contributed by atoms with Crippen molar-refractivity contribution in [3.8, 4) is 0 Å². The number of nitrogens with zero attached hydrogens (tertiary/aromatic N) is 4. The SMILES string of the molecule is Cn1cc(S(=O)(=O)N2CCOCC2)cc1C(=O)NC(=O)CSc1nccn1C. The van der Waals surface area contributed by atoms with E-state index in [1.807, 2.05) is 0 Å². The fraction of sp³-hybridized carbons (Fsp3) is 0.438. The summed E-state index contributed by atoms with van der Waals surface area (Å²) in [7, 11) is -0.358. The number of ether oxygens (including phenoxy) is 1. The van der Waals surface area contributed by atoms with Crippen molar-refractivity contribution in [2.24, 2.45) is 14.1 Å². The average molecular weight is 428 g/mol. The molecule has 1 aliphatic heterocycles. The highest BCUT2D eigenvalue weighted by Crippen LogP contribution is 2.20. The molecule has 2 aromatic heterocycles. The Morgan fingerprint density at radius 1 is 1.25 bits per heavy atom. The molecule has 12 heteroatoms. The Kier molecular flexibility index (Phi) is 6.23. The number of carbonyl (C=O) groups is 2. The van der Waals surface area contributed by atoms with Gasteiger partial charge in [0.1, 0.15) is 10.6 Å². The van der Waals surface area contributed by atoms with Crippen LogP contribution in [0.3, 0.4) is 0 Å². The molecule has 0 spiro atoms. The number of imide groups is 1. The first kappa shape index (κ1) is 20.6. The van der Waals surface area contributed by atoms with Crippen molar-refractivity contribution in [3.63, 3.8) is 0 Å². The van der Waals surface area contributed by atoms with Crippen LogP contribution in [0.15, 0.2) is 34.7 Å². The Morgan fingerprint density at radius 2 is 1.96 bits per heavy atom. The number of carbonyl (C=O) groups excluding carboxylic acids is 2. The lowest BCUT2D eigenvalue weighted by molar-refractivity contribution is -0.117. The summed E-state index contributed by atoms with van der Waals surface area (Å²) in [6.45, 7) is 1.20. The van der Waals surface area contributed by atoms with Crippen molar-refractivity contribution in [1.82, 2.24) is 23.7 Å². The molecule has 1 fully saturated rings. The van der Waals surface area contributed by atoms with E-state index >= 15 is 0 Å². The van der Waals surface area contributed by atoms with Crippen LogP contribution in [0.5, 0.6) is 0 Å². The molecule has 0 bridgehead atoms. The lowest BCUT2D eigenvalue weighted by atomic mass is 10.4. The normalized spacial score (nSPS) is 15.5. The van der Waals surface area contributed by atoms with E-state index in [1.54, 1.807) is 31.1 Å². The minimum absolute atomic E-state index is 0.0110. The minimum Gasteiger partial charge on any atom is -0.379 e. The molecule has 0 saturated carbocycles. The maximum Gasteiger partial charge on any atom is 0.274 e. The predicted molar refractivity (Wildman–Crippen MR) is 101 cm³/mol. The van der Waals surface area contributed by atoms with Gasteiger partial charge in [-0.1, -0.05) is 11.8 Å². The number of imidazole rings is 1. The number of aromatic nitrogens is 3. The lowest BCUT2D eigenvalue weighted by Crippen LogP contribution is -2.40. The Balaban J connectivity index is 1.65. The number of nitrogens with one attached hydrogen (secondary N) is 1. The highest BCUT2D eigenvalue weighted by atomic mass is 32.2. The van der Waals surface area contributed by atoms with Crippen molar-refractivity contribution in [1.29, 1.82) is 0 Å². The predicted octanol–water partition coefficient (Wildman–Crippen LogP) is -0.172. The van der Waals surface area contributed by atoms with Gasteiger partial charge in [-0.25, -0.2) is 13.4 Å². The number of hydrogen-bond donors (Lipinski definition) is 1. The first-order chi connectivity index (χ1) is 13.3. The molecule has 1 N–H and O–H groups in total. The third-order valence-corrected chi connectivity index (χ3v) is 7.10. The molecule has 1 aliphatic rings. The second-order valence-electron chi connectivity index (χ2n) is 6.18. The summed E-state index contributed by atoms with van der Waals surface area (Å²) >= 11 is 1.20. The Bertz CT molecular complexity index is 975. The van der Waals surface area contributed by atoms with Crippen molar-refractivity contribution in [3.05, 3.63) is 30.4 Å². The largest absolute Gasteiger partial charge is 0.379 e. The molecule has 0 unspecified atom stereocenters. The Hall–Kier alpha value is -2.15. The van der Waals surface area contributed by atoms with Gasteiger partial charge in [0.05, 0.1) is 19.0 Å². The Labute approximate surface area is 166 Å². The summed E-state index contributed by atoms with van der Waals surface area (Å²) in [5.41, 5.74) is 0.0853. The number of sulfonamides is 1. The van der Waals surface area contributed by atoms with Gasteiger partial charge in [0.2, 0.25) is 15.9 Å². The van der Waals surface area contributed by atoms with Crippen LogP contribution in [0.2, 0.25) is 0 Å². The van der Waals surface area contributed by atoms with Gasteiger partial charge in [-0.15, -0.1) is 0 Å². The van der Waals surface area contributed by atoms with E-state index in [0.29, 0.717) is 18.4 Å². The zero-order valence-electron chi connectivity index (χ0n) is 15.5. The second kappa shape index (κ2) is 8.47. The van der Waals surface area contributed by atoms with Gasteiger partial charge in [0.25, 0.3) is 5.91 Å². The lowest BCUT2D eigenvalue weighted by Gasteiger charge is -2.25. The molecule has 0 aromatic carbocycles. The second-order valence-corrected chi connectivity index (χ2v) is 9.06. The summed E-state index contributed by atoms with van der Waals surface area (Å²) in [5, 5.41) is 2.93. The number of rotatable bonds is 6. The summed E-state index contributed by atoms with van der Waals surface area (Å²) < 4.78 is 35.1. The quantitative estimate of drug-likeness (QED) is 0.636. The van der Waals surface area contributed by atoms with Crippen LogP contribution in [0.25, 0.3) is 0 Å². The summed E-state index contributed by atoms with van der Waals surface area (Å²) in [6.07, 6.45) is 4.74. The van der Waals surface area contributed by atoms with Gasteiger partial charge in [0, 0.05) is 45.8 Å². The standard InChI is InChI=1S/C16H21N5O5S2/c1-19-4-3-17-16(19)27-11-14(22)18-15(23)13-9-12(10-20(13)2)28(24,25)21-5-7-26-8-6-21/h3-4,9-10H,5-8,11H2,1-2H3,(H,18,22,23). The highest BCUT2D eigenvalue weighted by molar-refractivity contribution is 7.99. The van der Waals surface area contributed by atoms with Crippen molar-refractivity contribution >= 4 is 33.6 Å². The summed E-state index contributed by atoms with van der Waals surface area (Å²) in [6, 6.07) is 1.28. The topological polar surface area (TPSA) is 116 Å². The van der Waals surface area contributed by atoms with Gasteiger partial charge in [0.15, 0.2) is 5.16 Å². The third-order valence-electron chi connectivity index (χ3n) is 4.18. The molecule has 2 amide bonds. The zero-order chi connectivity index (χ0) is 20.3. The highest BCUT2D eigenvalue weighted by Gasteiger charge is 2.29. The zero-order valence-corrected chi connectivity index (χ0v) is 17.1. The van der Waals surface area contributed by atoms with E-state index in [1.165, 1.54) is 32.9 Å². The molecule has 0 aliphatic carbocycles. The molecule has 28 heavy (non-hydrogen) atoms. The van der Waals surface area contributed by atoms with Crippen LogP contribution < -0.4 is 5.32 Å². The monoisotopic (exact) mass is 427 g/mol.